The maximum absolute atomic E-state index is 4.30. The second kappa shape index (κ2) is 5.49. The molecule has 0 spiro atoms. The normalized spacial score (nSPS) is 10.2. The highest BCUT2D eigenvalue weighted by atomic mass is 32.1. The maximum Gasteiger partial charge on any atom is 0.0411 e. The number of hydrogen-bond donors (Lipinski definition) is 2. The summed E-state index contributed by atoms with van der Waals surface area (Å²) in [5.41, 5.74) is 2.38. The van der Waals surface area contributed by atoms with E-state index in [4.69, 9.17) is 0 Å². The fourth-order valence-electron chi connectivity index (χ4n) is 0.995. The van der Waals surface area contributed by atoms with Gasteiger partial charge in [-0.25, -0.2) is 0 Å². The number of aromatic nitrogens is 1. The van der Waals surface area contributed by atoms with Gasteiger partial charge in [0.15, 0.2) is 0 Å². The summed E-state index contributed by atoms with van der Waals surface area (Å²) in [6.45, 7) is 0. The summed E-state index contributed by atoms with van der Waals surface area (Å²) >= 11 is 8.31. The number of pyridine rings is 1. The molecule has 0 bridgehead atoms. The fourth-order valence-corrected chi connectivity index (χ4v) is 1.48. The third-order valence-corrected chi connectivity index (χ3v) is 2.10. The molecule has 1 aromatic rings. The van der Waals surface area contributed by atoms with Crippen molar-refractivity contribution in [2.45, 2.75) is 12.8 Å². The molecule has 0 aliphatic carbocycles. The van der Waals surface area contributed by atoms with E-state index in [1.54, 1.807) is 0 Å². The standard InChI is InChI=1S/C9H13NS2/c11-5-3-8-1-2-9(4-6-12)10-7-8/h1-2,7,11-12H,3-6H2. The Morgan fingerprint density at radius 1 is 1.08 bits per heavy atom. The van der Waals surface area contributed by atoms with Gasteiger partial charge in [0.1, 0.15) is 0 Å². The SMILES string of the molecule is SCCc1ccc(CCS)nc1. The monoisotopic (exact) mass is 199 g/mol. The lowest BCUT2D eigenvalue weighted by Crippen LogP contribution is -1.93. The van der Waals surface area contributed by atoms with E-state index >= 15 is 0 Å². The van der Waals surface area contributed by atoms with Gasteiger partial charge in [0.25, 0.3) is 0 Å². The molecule has 0 amide bonds. The van der Waals surface area contributed by atoms with E-state index in [0.29, 0.717) is 0 Å². The minimum atomic E-state index is 0.860. The summed E-state index contributed by atoms with van der Waals surface area (Å²) in [5.74, 6) is 1.74. The van der Waals surface area contributed by atoms with Crippen LogP contribution in [0, 0.1) is 0 Å². The molecule has 1 nitrogen and oxygen atoms in total. The zero-order valence-corrected chi connectivity index (χ0v) is 8.69. The smallest absolute Gasteiger partial charge is 0.0411 e. The molecule has 12 heavy (non-hydrogen) atoms. The summed E-state index contributed by atoms with van der Waals surface area (Å²) in [4.78, 5) is 4.30. The summed E-state index contributed by atoms with van der Waals surface area (Å²) in [6.07, 6.45) is 3.87. The van der Waals surface area contributed by atoms with Crippen LogP contribution in [0.3, 0.4) is 0 Å². The summed E-state index contributed by atoms with van der Waals surface area (Å²) in [7, 11) is 0. The number of hydrogen-bond acceptors (Lipinski definition) is 3. The molecule has 0 fully saturated rings. The topological polar surface area (TPSA) is 12.9 Å². The fraction of sp³-hybridized carbons (Fsp3) is 0.444. The molecule has 0 N–H and O–H groups in total. The van der Waals surface area contributed by atoms with Crippen molar-refractivity contribution in [3.05, 3.63) is 29.6 Å². The Bertz CT molecular complexity index is 195. The number of nitrogens with zero attached hydrogens (tertiary/aromatic N) is 1. The quantitative estimate of drug-likeness (QED) is 0.708. The van der Waals surface area contributed by atoms with Gasteiger partial charge in [-0.2, -0.15) is 25.3 Å². The van der Waals surface area contributed by atoms with Crippen LogP contribution in [0.2, 0.25) is 0 Å². The Balaban J connectivity index is 2.58. The van der Waals surface area contributed by atoms with Crippen molar-refractivity contribution in [3.63, 3.8) is 0 Å². The van der Waals surface area contributed by atoms with Gasteiger partial charge < -0.3 is 0 Å². The molecule has 1 rings (SSSR count). The van der Waals surface area contributed by atoms with Gasteiger partial charge in [0.2, 0.25) is 0 Å². The molecule has 0 radical (unpaired) electrons. The lowest BCUT2D eigenvalue weighted by molar-refractivity contribution is 1.02. The van der Waals surface area contributed by atoms with E-state index in [2.05, 4.69) is 42.4 Å². The first kappa shape index (κ1) is 9.93. The molecule has 0 aliphatic rings. The van der Waals surface area contributed by atoms with E-state index in [0.717, 1.165) is 30.0 Å². The highest BCUT2D eigenvalue weighted by Crippen LogP contribution is 2.03. The van der Waals surface area contributed by atoms with Crippen LogP contribution in [0.5, 0.6) is 0 Å². The molecule has 1 heterocycles. The molecule has 1 aromatic heterocycles. The van der Waals surface area contributed by atoms with Crippen molar-refractivity contribution in [3.8, 4) is 0 Å². The van der Waals surface area contributed by atoms with E-state index in [1.165, 1.54) is 5.56 Å². The molecular weight excluding hydrogens is 186 g/mol. The zero-order valence-electron chi connectivity index (χ0n) is 6.90. The summed E-state index contributed by atoms with van der Waals surface area (Å²) < 4.78 is 0. The highest BCUT2D eigenvalue weighted by Gasteiger charge is 1.94. The van der Waals surface area contributed by atoms with Crippen molar-refractivity contribution in [1.82, 2.24) is 4.98 Å². The minimum Gasteiger partial charge on any atom is -0.261 e. The van der Waals surface area contributed by atoms with Crippen molar-refractivity contribution in [1.29, 1.82) is 0 Å². The van der Waals surface area contributed by atoms with Gasteiger partial charge in [-0.05, 0) is 36.0 Å². The largest absolute Gasteiger partial charge is 0.261 e. The van der Waals surface area contributed by atoms with E-state index < -0.39 is 0 Å². The number of thiol groups is 2. The summed E-state index contributed by atoms with van der Waals surface area (Å²) in [5, 5.41) is 0. The van der Waals surface area contributed by atoms with Crippen LogP contribution < -0.4 is 0 Å². The van der Waals surface area contributed by atoms with E-state index in [1.807, 2.05) is 6.20 Å². The molecule has 0 unspecified atom stereocenters. The van der Waals surface area contributed by atoms with E-state index in [9.17, 15) is 0 Å². The average molecular weight is 199 g/mol. The number of rotatable bonds is 4. The van der Waals surface area contributed by atoms with Crippen LogP contribution in [0.4, 0.5) is 0 Å². The van der Waals surface area contributed by atoms with Gasteiger partial charge in [0.05, 0.1) is 0 Å². The average Bonchev–Trinajstić information content (AvgIpc) is 2.09. The minimum absolute atomic E-state index is 0.860. The van der Waals surface area contributed by atoms with Crippen LogP contribution in [0.1, 0.15) is 11.3 Å². The Labute approximate surface area is 84.4 Å². The Hall–Kier alpha value is -0.150. The molecule has 0 saturated heterocycles. The van der Waals surface area contributed by atoms with Gasteiger partial charge in [-0.1, -0.05) is 6.07 Å². The Morgan fingerprint density at radius 2 is 1.83 bits per heavy atom. The molecular formula is C9H13NS2. The molecule has 0 atom stereocenters. The van der Waals surface area contributed by atoms with Gasteiger partial charge in [0, 0.05) is 11.9 Å². The lowest BCUT2D eigenvalue weighted by Gasteiger charge is -1.99. The molecule has 0 saturated carbocycles. The van der Waals surface area contributed by atoms with Crippen LogP contribution in [0.15, 0.2) is 18.3 Å². The predicted molar refractivity (Wildman–Crippen MR) is 59.4 cm³/mol. The lowest BCUT2D eigenvalue weighted by atomic mass is 10.2. The third-order valence-electron chi connectivity index (χ3n) is 1.65. The van der Waals surface area contributed by atoms with Gasteiger partial charge in [-0.15, -0.1) is 0 Å². The second-order valence-electron chi connectivity index (χ2n) is 2.60. The molecule has 0 aliphatic heterocycles. The first-order valence-electron chi connectivity index (χ1n) is 4.02. The number of aryl methyl sites for hydroxylation is 2. The van der Waals surface area contributed by atoms with Crippen LogP contribution in [-0.4, -0.2) is 16.5 Å². The molecule has 3 heteroatoms. The van der Waals surface area contributed by atoms with Crippen LogP contribution >= 0.6 is 25.3 Å². The van der Waals surface area contributed by atoms with Gasteiger partial charge in [-0.3, -0.25) is 4.98 Å². The van der Waals surface area contributed by atoms with Crippen molar-refractivity contribution >= 4 is 25.3 Å². The second-order valence-corrected chi connectivity index (χ2v) is 3.50. The first-order chi connectivity index (χ1) is 5.86. The predicted octanol–water partition coefficient (Wildman–Crippen LogP) is 2.03. The van der Waals surface area contributed by atoms with Gasteiger partial charge >= 0.3 is 0 Å². The van der Waals surface area contributed by atoms with Crippen molar-refractivity contribution in [2.24, 2.45) is 0 Å². The van der Waals surface area contributed by atoms with Crippen molar-refractivity contribution < 1.29 is 0 Å². The molecule has 0 aromatic carbocycles. The highest BCUT2D eigenvalue weighted by molar-refractivity contribution is 7.80. The first-order valence-corrected chi connectivity index (χ1v) is 5.29. The van der Waals surface area contributed by atoms with Crippen LogP contribution in [0.25, 0.3) is 0 Å². The Kier molecular flexibility index (Phi) is 4.54. The summed E-state index contributed by atoms with van der Waals surface area (Å²) in [6, 6.07) is 4.18. The zero-order chi connectivity index (χ0) is 8.81. The third kappa shape index (κ3) is 3.07. The Morgan fingerprint density at radius 3 is 2.33 bits per heavy atom. The molecule has 66 valence electrons. The maximum atomic E-state index is 4.30. The van der Waals surface area contributed by atoms with Crippen molar-refractivity contribution in [2.75, 3.05) is 11.5 Å². The van der Waals surface area contributed by atoms with Crippen LogP contribution in [-0.2, 0) is 12.8 Å². The van der Waals surface area contributed by atoms with E-state index in [-0.39, 0.29) is 0 Å².